The maximum atomic E-state index is 5.65. The number of rotatable bonds is 1. The van der Waals surface area contributed by atoms with E-state index in [4.69, 9.17) is 16.2 Å². The smallest absolute Gasteiger partial charge is 0.216 e. The van der Waals surface area contributed by atoms with E-state index in [9.17, 15) is 0 Å². The Morgan fingerprint density at radius 3 is 2.69 bits per heavy atom. The summed E-state index contributed by atoms with van der Waals surface area (Å²) in [4.78, 5) is 4.17. The van der Waals surface area contributed by atoms with Crippen LogP contribution in [-0.4, -0.2) is 19.0 Å². The highest BCUT2D eigenvalue weighted by Crippen LogP contribution is 2.17. The van der Waals surface area contributed by atoms with Crippen molar-refractivity contribution in [3.8, 4) is 0 Å². The van der Waals surface area contributed by atoms with Gasteiger partial charge in [0.25, 0.3) is 0 Å². The molecular formula is C9H11N3O. The first-order valence-corrected chi connectivity index (χ1v) is 4.10. The topological polar surface area (TPSA) is 73.6 Å². The largest absolute Gasteiger partial charge is 0.476 e. The molecule has 0 unspecified atom stereocenters. The Balaban J connectivity index is 2.36. The molecule has 0 radical (unpaired) electrons. The molecule has 0 bridgehead atoms. The highest BCUT2D eigenvalue weighted by molar-refractivity contribution is 5.96. The third kappa shape index (κ3) is 1.42. The fraction of sp³-hybridized carbons (Fsp3) is 0.222. The number of aliphatic imine (C=N–C) groups is 1. The predicted molar refractivity (Wildman–Crippen MR) is 52.6 cm³/mol. The molecule has 1 aliphatic rings. The van der Waals surface area contributed by atoms with E-state index in [1.807, 2.05) is 6.07 Å². The van der Waals surface area contributed by atoms with Gasteiger partial charge in [-0.3, -0.25) is 0 Å². The van der Waals surface area contributed by atoms with E-state index >= 15 is 0 Å². The lowest BCUT2D eigenvalue weighted by atomic mass is 10.2. The molecule has 0 aromatic heterocycles. The molecule has 0 spiro atoms. The quantitative estimate of drug-likeness (QED) is 0.618. The van der Waals surface area contributed by atoms with E-state index in [0.29, 0.717) is 23.9 Å². The van der Waals surface area contributed by atoms with Crippen molar-refractivity contribution in [2.45, 2.75) is 0 Å². The Morgan fingerprint density at radius 1 is 1.23 bits per heavy atom. The van der Waals surface area contributed by atoms with Crippen LogP contribution in [0.15, 0.2) is 23.2 Å². The third-order valence-electron chi connectivity index (χ3n) is 1.92. The van der Waals surface area contributed by atoms with E-state index in [2.05, 4.69) is 4.99 Å². The lowest BCUT2D eigenvalue weighted by Crippen LogP contribution is -2.03. The number of benzene rings is 1. The van der Waals surface area contributed by atoms with Gasteiger partial charge in [0.1, 0.15) is 6.61 Å². The average Bonchev–Trinajstić information content (AvgIpc) is 2.62. The second-order valence-electron chi connectivity index (χ2n) is 2.88. The molecule has 0 amide bonds. The maximum Gasteiger partial charge on any atom is 0.216 e. The summed E-state index contributed by atoms with van der Waals surface area (Å²) < 4.78 is 5.29. The molecule has 1 aliphatic heterocycles. The van der Waals surface area contributed by atoms with Crippen LogP contribution >= 0.6 is 0 Å². The van der Waals surface area contributed by atoms with Crippen LogP contribution in [-0.2, 0) is 4.74 Å². The van der Waals surface area contributed by atoms with E-state index in [1.54, 1.807) is 12.1 Å². The van der Waals surface area contributed by atoms with Crippen LogP contribution in [0.1, 0.15) is 5.56 Å². The summed E-state index contributed by atoms with van der Waals surface area (Å²) in [7, 11) is 0. The van der Waals surface area contributed by atoms with Gasteiger partial charge < -0.3 is 16.2 Å². The lowest BCUT2D eigenvalue weighted by Gasteiger charge is -2.04. The van der Waals surface area contributed by atoms with Gasteiger partial charge in [-0.2, -0.15) is 0 Å². The van der Waals surface area contributed by atoms with Gasteiger partial charge in [-0.05, 0) is 18.2 Å². The molecule has 0 saturated carbocycles. The zero-order chi connectivity index (χ0) is 9.26. The monoisotopic (exact) mass is 177 g/mol. The Hall–Kier alpha value is -1.71. The van der Waals surface area contributed by atoms with Gasteiger partial charge in [-0.1, -0.05) is 0 Å². The standard InChI is InChI=1S/C9H11N3O/c10-7-2-1-6(5-8(7)11)9-12-3-4-13-9/h1-2,5H,3-4,10-11H2. The summed E-state index contributed by atoms with van der Waals surface area (Å²) in [5, 5.41) is 0. The SMILES string of the molecule is Nc1ccc(C2=NCCO2)cc1N. The van der Waals surface area contributed by atoms with E-state index in [-0.39, 0.29) is 0 Å². The van der Waals surface area contributed by atoms with Gasteiger partial charge in [0.15, 0.2) is 0 Å². The first-order valence-electron chi connectivity index (χ1n) is 4.10. The minimum absolute atomic E-state index is 0.565. The van der Waals surface area contributed by atoms with Gasteiger partial charge in [-0.25, -0.2) is 4.99 Å². The Bertz CT molecular complexity index is 360. The summed E-state index contributed by atoms with van der Waals surface area (Å²) in [6.45, 7) is 1.37. The van der Waals surface area contributed by atoms with E-state index in [1.165, 1.54) is 0 Å². The van der Waals surface area contributed by atoms with E-state index in [0.717, 1.165) is 12.1 Å². The second kappa shape index (κ2) is 2.97. The minimum atomic E-state index is 0.565. The van der Waals surface area contributed by atoms with Crippen molar-refractivity contribution in [1.82, 2.24) is 0 Å². The molecule has 4 nitrogen and oxygen atoms in total. The second-order valence-corrected chi connectivity index (χ2v) is 2.88. The molecule has 2 rings (SSSR count). The fourth-order valence-corrected chi connectivity index (χ4v) is 1.22. The van der Waals surface area contributed by atoms with Crippen LogP contribution in [0.4, 0.5) is 11.4 Å². The predicted octanol–water partition coefficient (Wildman–Crippen LogP) is 0.628. The number of hydrogen-bond acceptors (Lipinski definition) is 4. The number of nitrogens with zero attached hydrogens (tertiary/aromatic N) is 1. The van der Waals surface area contributed by atoms with Crippen molar-refractivity contribution < 1.29 is 4.74 Å². The molecule has 0 saturated heterocycles. The van der Waals surface area contributed by atoms with Crippen molar-refractivity contribution in [2.24, 2.45) is 4.99 Å². The highest BCUT2D eigenvalue weighted by atomic mass is 16.5. The molecule has 68 valence electrons. The molecule has 1 aromatic carbocycles. The van der Waals surface area contributed by atoms with Crippen molar-refractivity contribution in [2.75, 3.05) is 24.6 Å². The molecule has 1 aromatic rings. The Kier molecular flexibility index (Phi) is 1.81. The molecule has 0 aliphatic carbocycles. The van der Waals surface area contributed by atoms with Gasteiger partial charge in [-0.15, -0.1) is 0 Å². The summed E-state index contributed by atoms with van der Waals surface area (Å²) >= 11 is 0. The van der Waals surface area contributed by atoms with Crippen LogP contribution in [0.5, 0.6) is 0 Å². The normalized spacial score (nSPS) is 15.2. The molecule has 0 fully saturated rings. The summed E-state index contributed by atoms with van der Waals surface area (Å²) in [6.07, 6.45) is 0. The summed E-state index contributed by atoms with van der Waals surface area (Å²) in [5.41, 5.74) is 13.3. The van der Waals surface area contributed by atoms with Crippen LogP contribution in [0.3, 0.4) is 0 Å². The summed E-state index contributed by atoms with van der Waals surface area (Å²) in [5.74, 6) is 0.659. The van der Waals surface area contributed by atoms with Crippen molar-refractivity contribution in [1.29, 1.82) is 0 Å². The highest BCUT2D eigenvalue weighted by Gasteiger charge is 2.10. The molecule has 4 heteroatoms. The number of ether oxygens (including phenoxy) is 1. The van der Waals surface area contributed by atoms with Crippen molar-refractivity contribution in [3.63, 3.8) is 0 Å². The third-order valence-corrected chi connectivity index (χ3v) is 1.92. The Labute approximate surface area is 76.2 Å². The zero-order valence-corrected chi connectivity index (χ0v) is 7.16. The molecule has 0 atom stereocenters. The minimum Gasteiger partial charge on any atom is -0.476 e. The van der Waals surface area contributed by atoms with Crippen LogP contribution in [0.25, 0.3) is 0 Å². The van der Waals surface area contributed by atoms with Crippen LogP contribution in [0, 0.1) is 0 Å². The van der Waals surface area contributed by atoms with Gasteiger partial charge in [0.2, 0.25) is 5.90 Å². The molecule has 13 heavy (non-hydrogen) atoms. The maximum absolute atomic E-state index is 5.65. The summed E-state index contributed by atoms with van der Waals surface area (Å²) in [6, 6.07) is 5.39. The zero-order valence-electron chi connectivity index (χ0n) is 7.16. The van der Waals surface area contributed by atoms with Crippen molar-refractivity contribution in [3.05, 3.63) is 23.8 Å². The average molecular weight is 177 g/mol. The van der Waals surface area contributed by atoms with E-state index < -0.39 is 0 Å². The van der Waals surface area contributed by atoms with Crippen LogP contribution < -0.4 is 11.5 Å². The lowest BCUT2D eigenvalue weighted by molar-refractivity contribution is 0.348. The molecule has 4 N–H and O–H groups in total. The van der Waals surface area contributed by atoms with Gasteiger partial charge in [0, 0.05) is 5.56 Å². The van der Waals surface area contributed by atoms with Crippen LogP contribution in [0.2, 0.25) is 0 Å². The first kappa shape index (κ1) is 7.91. The first-order chi connectivity index (χ1) is 6.27. The van der Waals surface area contributed by atoms with Gasteiger partial charge in [0.05, 0.1) is 17.9 Å². The Morgan fingerprint density at radius 2 is 2.08 bits per heavy atom. The fourth-order valence-electron chi connectivity index (χ4n) is 1.22. The number of anilines is 2. The van der Waals surface area contributed by atoms with Crippen molar-refractivity contribution >= 4 is 17.3 Å². The number of nitrogen functional groups attached to an aromatic ring is 2. The van der Waals surface area contributed by atoms with Gasteiger partial charge >= 0.3 is 0 Å². The molecule has 1 heterocycles. The molecular weight excluding hydrogens is 166 g/mol. The number of nitrogens with two attached hydrogens (primary N) is 2. The number of hydrogen-bond donors (Lipinski definition) is 2.